The molecule has 0 aliphatic heterocycles. The van der Waals surface area contributed by atoms with Crippen molar-refractivity contribution in [3.63, 3.8) is 0 Å². The van der Waals surface area contributed by atoms with Crippen molar-refractivity contribution in [1.82, 2.24) is 0 Å². The molecule has 0 saturated heterocycles. The molecule has 8 nitrogen and oxygen atoms in total. The minimum Gasteiger partial charge on any atom is -0.211 e. The quantitative estimate of drug-likeness (QED) is 0.233. The van der Waals surface area contributed by atoms with Gasteiger partial charge in [-0.25, -0.2) is 19.2 Å². The fraction of sp³-hybridized carbons (Fsp3) is 0. The van der Waals surface area contributed by atoms with E-state index in [4.69, 9.17) is 0 Å². The third kappa shape index (κ3) is 7.20. The summed E-state index contributed by atoms with van der Waals surface area (Å²) < 4.78 is 0. The monoisotopic (exact) mass is 472 g/mol. The first-order valence-corrected chi connectivity index (χ1v) is 10.4. The Bertz CT molecular complexity index is 1260. The van der Waals surface area contributed by atoms with E-state index in [1.165, 1.54) is 24.3 Å². The van der Waals surface area contributed by atoms with Crippen LogP contribution in [0.5, 0.6) is 0 Å². The third-order valence-corrected chi connectivity index (χ3v) is 4.83. The first-order chi connectivity index (χ1) is 17.7. The molecule has 0 radical (unpaired) electrons. The summed E-state index contributed by atoms with van der Waals surface area (Å²) in [5.74, 6) is 0. The van der Waals surface area contributed by atoms with E-state index in [9.17, 15) is 19.2 Å². The van der Waals surface area contributed by atoms with Crippen molar-refractivity contribution in [2.24, 2.45) is 20.0 Å². The van der Waals surface area contributed by atoms with Crippen LogP contribution in [-0.4, -0.2) is 24.3 Å². The van der Waals surface area contributed by atoms with E-state index in [-0.39, 0.29) is 0 Å². The molecule has 0 saturated carbocycles. The summed E-state index contributed by atoms with van der Waals surface area (Å²) in [6.07, 6.45) is 5.96. The topological polar surface area (TPSA) is 118 Å². The van der Waals surface area contributed by atoms with Crippen LogP contribution in [-0.2, 0) is 19.2 Å². The second kappa shape index (κ2) is 13.2. The van der Waals surface area contributed by atoms with Gasteiger partial charge in [0.05, 0.1) is 22.7 Å². The van der Waals surface area contributed by atoms with E-state index in [0.29, 0.717) is 22.7 Å². The highest BCUT2D eigenvalue weighted by molar-refractivity contribution is 5.69. The van der Waals surface area contributed by atoms with Gasteiger partial charge in [0.1, 0.15) is 0 Å². The third-order valence-electron chi connectivity index (χ3n) is 4.83. The molecule has 0 unspecified atom stereocenters. The predicted octanol–water partition coefficient (Wildman–Crippen LogP) is 6.58. The van der Waals surface area contributed by atoms with Crippen molar-refractivity contribution in [1.29, 1.82) is 0 Å². The summed E-state index contributed by atoms with van der Waals surface area (Å²) in [6.45, 7) is 0. The molecule has 36 heavy (non-hydrogen) atoms. The fourth-order valence-corrected chi connectivity index (χ4v) is 3.12. The van der Waals surface area contributed by atoms with Crippen LogP contribution in [0.1, 0.15) is 0 Å². The van der Waals surface area contributed by atoms with Crippen LogP contribution < -0.4 is 0 Å². The molecule has 0 atom stereocenters. The Morgan fingerprint density at radius 3 is 0.611 bits per heavy atom. The van der Waals surface area contributed by atoms with E-state index >= 15 is 0 Å². The molecule has 4 aromatic carbocycles. The Hall–Kier alpha value is -5.60. The van der Waals surface area contributed by atoms with Gasteiger partial charge in [-0.1, -0.05) is 48.5 Å². The molecule has 0 bridgehead atoms. The van der Waals surface area contributed by atoms with Crippen LogP contribution in [0.4, 0.5) is 22.7 Å². The number of carbonyl (C=O) groups excluding carboxylic acids is 4. The summed E-state index contributed by atoms with van der Waals surface area (Å²) >= 11 is 0. The van der Waals surface area contributed by atoms with Gasteiger partial charge in [-0.05, 0) is 70.8 Å². The van der Waals surface area contributed by atoms with Crippen LogP contribution in [0.25, 0.3) is 22.3 Å². The van der Waals surface area contributed by atoms with E-state index < -0.39 is 0 Å². The Balaban J connectivity index is 0.000000201. The summed E-state index contributed by atoms with van der Waals surface area (Å²) in [4.78, 5) is 54.4. The average molecular weight is 472 g/mol. The Labute approximate surface area is 205 Å². The molecule has 8 heteroatoms. The lowest BCUT2D eigenvalue weighted by molar-refractivity contribution is 0.564. The first-order valence-electron chi connectivity index (χ1n) is 10.4. The summed E-state index contributed by atoms with van der Waals surface area (Å²) in [6, 6.07) is 28.7. The Morgan fingerprint density at radius 1 is 0.306 bits per heavy atom. The molecule has 0 aliphatic rings. The van der Waals surface area contributed by atoms with Crippen LogP contribution in [0.3, 0.4) is 0 Å². The van der Waals surface area contributed by atoms with Crippen molar-refractivity contribution < 1.29 is 19.2 Å². The molecule has 0 heterocycles. The molecular formula is C28H16N4O4. The minimum absolute atomic E-state index is 0.566. The zero-order valence-electron chi connectivity index (χ0n) is 18.7. The van der Waals surface area contributed by atoms with E-state index in [0.717, 1.165) is 22.3 Å². The van der Waals surface area contributed by atoms with Crippen LogP contribution in [0, 0.1) is 0 Å². The van der Waals surface area contributed by atoms with Gasteiger partial charge >= 0.3 is 0 Å². The normalized spacial score (nSPS) is 9.11. The average Bonchev–Trinajstić information content (AvgIpc) is 2.92. The zero-order valence-corrected chi connectivity index (χ0v) is 18.7. The fourth-order valence-electron chi connectivity index (χ4n) is 3.12. The van der Waals surface area contributed by atoms with Crippen molar-refractivity contribution in [2.45, 2.75) is 0 Å². The largest absolute Gasteiger partial charge is 0.240 e. The van der Waals surface area contributed by atoms with E-state index in [2.05, 4.69) is 20.0 Å². The summed E-state index contributed by atoms with van der Waals surface area (Å²) in [5, 5.41) is 0. The van der Waals surface area contributed by atoms with Crippen molar-refractivity contribution >= 4 is 47.1 Å². The van der Waals surface area contributed by atoms with Gasteiger partial charge in [-0.3, -0.25) is 0 Å². The maximum Gasteiger partial charge on any atom is 0.240 e. The van der Waals surface area contributed by atoms with Gasteiger partial charge in [-0.15, -0.1) is 0 Å². The SMILES string of the molecule is O=C=Nc1ccc(-c2ccc(N=C=O)cc2)cc1.O=C=Nc1ccc(-c2ccc(N=C=O)cc2)cc1. The highest BCUT2D eigenvalue weighted by Crippen LogP contribution is 2.25. The van der Waals surface area contributed by atoms with Gasteiger partial charge in [0.25, 0.3) is 0 Å². The highest BCUT2D eigenvalue weighted by Gasteiger charge is 1.99. The van der Waals surface area contributed by atoms with E-state index in [1.54, 1.807) is 48.5 Å². The highest BCUT2D eigenvalue weighted by atomic mass is 16.1. The number of rotatable bonds is 6. The van der Waals surface area contributed by atoms with Gasteiger partial charge in [0, 0.05) is 0 Å². The molecule has 0 spiro atoms. The zero-order chi connectivity index (χ0) is 25.6. The smallest absolute Gasteiger partial charge is 0.211 e. The minimum atomic E-state index is 0.566. The maximum atomic E-state index is 10.1. The molecule has 4 rings (SSSR count). The lowest BCUT2D eigenvalue weighted by Crippen LogP contribution is -1.76. The molecule has 0 aliphatic carbocycles. The number of hydrogen-bond donors (Lipinski definition) is 0. The molecule has 4 aromatic rings. The molecular weight excluding hydrogens is 456 g/mol. The Kier molecular flexibility index (Phi) is 9.17. The molecule has 172 valence electrons. The number of nitrogens with zero attached hydrogens (tertiary/aromatic N) is 4. The predicted molar refractivity (Wildman–Crippen MR) is 135 cm³/mol. The molecule has 0 aromatic heterocycles. The van der Waals surface area contributed by atoms with Crippen molar-refractivity contribution in [3.8, 4) is 22.3 Å². The first kappa shape index (κ1) is 25.0. The summed E-state index contributed by atoms with van der Waals surface area (Å²) in [7, 11) is 0. The number of hydrogen-bond acceptors (Lipinski definition) is 8. The number of isocyanates is 4. The lowest BCUT2D eigenvalue weighted by Gasteiger charge is -2.01. The van der Waals surface area contributed by atoms with Crippen LogP contribution >= 0.6 is 0 Å². The lowest BCUT2D eigenvalue weighted by atomic mass is 10.1. The molecule has 0 amide bonds. The molecule has 0 N–H and O–H groups in total. The van der Waals surface area contributed by atoms with Crippen LogP contribution in [0.15, 0.2) is 117 Å². The maximum absolute atomic E-state index is 10.1. The summed E-state index contributed by atoms with van der Waals surface area (Å²) in [5.41, 5.74) is 6.21. The second-order valence-electron chi connectivity index (χ2n) is 7.00. The van der Waals surface area contributed by atoms with Gasteiger partial charge in [-0.2, -0.15) is 20.0 Å². The van der Waals surface area contributed by atoms with Crippen molar-refractivity contribution in [2.75, 3.05) is 0 Å². The van der Waals surface area contributed by atoms with Gasteiger partial charge in [0.2, 0.25) is 24.3 Å². The van der Waals surface area contributed by atoms with Crippen LogP contribution in [0.2, 0.25) is 0 Å². The van der Waals surface area contributed by atoms with Gasteiger partial charge in [0.15, 0.2) is 0 Å². The standard InChI is InChI=1S/2C14H8N2O2/c2*17-9-15-13-5-1-11(2-6-13)12-3-7-14(8-4-12)16-10-18/h2*1-8H. The second-order valence-corrected chi connectivity index (χ2v) is 7.00. The number of benzene rings is 4. The number of aliphatic imine (C=N–C) groups is 4. The Morgan fingerprint density at radius 2 is 0.472 bits per heavy atom. The van der Waals surface area contributed by atoms with E-state index in [1.807, 2.05) is 48.5 Å². The van der Waals surface area contributed by atoms with Gasteiger partial charge < -0.3 is 0 Å². The van der Waals surface area contributed by atoms with Crippen molar-refractivity contribution in [3.05, 3.63) is 97.1 Å². The molecule has 0 fully saturated rings.